The molecule has 0 radical (unpaired) electrons. The zero-order chi connectivity index (χ0) is 13.3. The number of oxime groups is 1. The van der Waals surface area contributed by atoms with Crippen LogP contribution in [0.15, 0.2) is 5.16 Å². The molecule has 0 aromatic carbocycles. The van der Waals surface area contributed by atoms with Crippen LogP contribution in [0.4, 0.5) is 0 Å². The third-order valence-electron chi connectivity index (χ3n) is 5.01. The van der Waals surface area contributed by atoms with Gasteiger partial charge in [0.1, 0.15) is 5.84 Å². The van der Waals surface area contributed by atoms with Crippen LogP contribution >= 0.6 is 0 Å². The van der Waals surface area contributed by atoms with Crippen molar-refractivity contribution in [2.24, 2.45) is 27.6 Å². The van der Waals surface area contributed by atoms with Crippen LogP contribution < -0.4 is 11.1 Å². The summed E-state index contributed by atoms with van der Waals surface area (Å²) >= 11 is 0. The Hall–Kier alpha value is -0.770. The molecule has 1 atom stereocenters. The van der Waals surface area contributed by atoms with Gasteiger partial charge in [-0.2, -0.15) is 0 Å². The molecule has 1 unspecified atom stereocenters. The van der Waals surface area contributed by atoms with E-state index in [9.17, 15) is 0 Å². The lowest BCUT2D eigenvalue weighted by Crippen LogP contribution is -2.35. The van der Waals surface area contributed by atoms with Crippen molar-refractivity contribution in [3.05, 3.63) is 0 Å². The van der Waals surface area contributed by atoms with E-state index in [2.05, 4.69) is 45.1 Å². The maximum atomic E-state index is 8.57. The molecule has 17 heavy (non-hydrogen) atoms. The Bertz CT molecular complexity index is 283. The Balaban J connectivity index is 2.40. The molecule has 0 aromatic heterocycles. The molecule has 0 aromatic rings. The van der Waals surface area contributed by atoms with E-state index >= 15 is 0 Å². The molecule has 4 nitrogen and oxygen atoms in total. The fourth-order valence-electron chi connectivity index (χ4n) is 2.78. The summed E-state index contributed by atoms with van der Waals surface area (Å²) in [5, 5.41) is 15.1. The second kappa shape index (κ2) is 4.84. The van der Waals surface area contributed by atoms with Crippen LogP contribution in [0.2, 0.25) is 0 Å². The lowest BCUT2D eigenvalue weighted by atomic mass is 10.0. The Morgan fingerprint density at radius 3 is 2.24 bits per heavy atom. The van der Waals surface area contributed by atoms with Crippen molar-refractivity contribution in [2.75, 3.05) is 6.54 Å². The third kappa shape index (κ3) is 2.73. The first-order valence-corrected chi connectivity index (χ1v) is 6.47. The number of amidine groups is 1. The Labute approximate surface area is 105 Å². The molecule has 1 fully saturated rings. The van der Waals surface area contributed by atoms with Crippen LogP contribution in [0.1, 0.15) is 47.5 Å². The highest BCUT2D eigenvalue weighted by atomic mass is 16.4. The SMILES string of the molecule is CCC(CC(N)=NO)NCC1C(C)(C)C1(C)C. The number of nitrogens with zero attached hydrogens (tertiary/aromatic N) is 1. The molecule has 4 N–H and O–H groups in total. The van der Waals surface area contributed by atoms with Crippen molar-refractivity contribution < 1.29 is 5.21 Å². The number of nitrogens with one attached hydrogen (secondary N) is 1. The van der Waals surface area contributed by atoms with Crippen LogP contribution in [-0.2, 0) is 0 Å². The van der Waals surface area contributed by atoms with Gasteiger partial charge in [0.25, 0.3) is 0 Å². The molecule has 1 aliphatic carbocycles. The fraction of sp³-hybridized carbons (Fsp3) is 0.923. The summed E-state index contributed by atoms with van der Waals surface area (Å²) in [4.78, 5) is 0. The minimum atomic E-state index is 0.304. The van der Waals surface area contributed by atoms with E-state index in [1.807, 2.05) is 0 Å². The number of nitrogens with two attached hydrogens (primary N) is 1. The zero-order valence-corrected chi connectivity index (χ0v) is 11.7. The molecular formula is C13H27N3O. The Kier molecular flexibility index (Phi) is 4.07. The fourth-order valence-corrected chi connectivity index (χ4v) is 2.78. The summed E-state index contributed by atoms with van der Waals surface area (Å²) in [5.41, 5.74) is 6.36. The smallest absolute Gasteiger partial charge is 0.140 e. The Morgan fingerprint density at radius 1 is 1.35 bits per heavy atom. The minimum Gasteiger partial charge on any atom is -0.409 e. The molecule has 0 spiro atoms. The van der Waals surface area contributed by atoms with Gasteiger partial charge in [-0.15, -0.1) is 0 Å². The van der Waals surface area contributed by atoms with Crippen LogP contribution in [0.3, 0.4) is 0 Å². The van der Waals surface area contributed by atoms with E-state index in [0.29, 0.717) is 35.0 Å². The highest BCUT2D eigenvalue weighted by Gasteiger charge is 2.63. The largest absolute Gasteiger partial charge is 0.409 e. The predicted octanol–water partition coefficient (Wildman–Crippen LogP) is 2.17. The summed E-state index contributed by atoms with van der Waals surface area (Å²) < 4.78 is 0. The lowest BCUT2D eigenvalue weighted by Gasteiger charge is -2.16. The van der Waals surface area contributed by atoms with Gasteiger partial charge in [-0.05, 0) is 29.7 Å². The van der Waals surface area contributed by atoms with Gasteiger partial charge >= 0.3 is 0 Å². The molecule has 0 saturated heterocycles. The average Bonchev–Trinajstić information content (AvgIpc) is 2.64. The van der Waals surface area contributed by atoms with Crippen LogP contribution in [-0.4, -0.2) is 23.6 Å². The van der Waals surface area contributed by atoms with Crippen molar-refractivity contribution in [3.8, 4) is 0 Å². The summed E-state index contributed by atoms with van der Waals surface area (Å²) in [7, 11) is 0. The monoisotopic (exact) mass is 241 g/mol. The second-order valence-electron chi connectivity index (χ2n) is 6.30. The minimum absolute atomic E-state index is 0.304. The Morgan fingerprint density at radius 2 is 1.88 bits per heavy atom. The molecule has 0 heterocycles. The van der Waals surface area contributed by atoms with E-state index in [1.54, 1.807) is 0 Å². The highest BCUT2D eigenvalue weighted by Crippen LogP contribution is 2.67. The van der Waals surface area contributed by atoms with Gasteiger partial charge in [0.15, 0.2) is 0 Å². The summed E-state index contributed by atoms with van der Waals surface area (Å²) in [6, 6.07) is 0.304. The summed E-state index contributed by atoms with van der Waals surface area (Å²) in [6.07, 6.45) is 1.60. The quantitative estimate of drug-likeness (QED) is 0.289. The maximum absolute atomic E-state index is 8.57. The van der Waals surface area contributed by atoms with Crippen LogP contribution in [0, 0.1) is 16.7 Å². The van der Waals surface area contributed by atoms with Gasteiger partial charge in [0, 0.05) is 12.5 Å². The van der Waals surface area contributed by atoms with Crippen molar-refractivity contribution in [1.82, 2.24) is 5.32 Å². The van der Waals surface area contributed by atoms with Gasteiger partial charge in [-0.1, -0.05) is 39.8 Å². The van der Waals surface area contributed by atoms with Gasteiger partial charge < -0.3 is 16.3 Å². The normalized spacial score (nSPS) is 24.6. The molecular weight excluding hydrogens is 214 g/mol. The molecule has 1 saturated carbocycles. The van der Waals surface area contributed by atoms with Gasteiger partial charge in [0.2, 0.25) is 0 Å². The van der Waals surface area contributed by atoms with E-state index in [4.69, 9.17) is 10.9 Å². The predicted molar refractivity (Wildman–Crippen MR) is 71.2 cm³/mol. The van der Waals surface area contributed by atoms with Gasteiger partial charge in [0.05, 0.1) is 0 Å². The number of rotatable bonds is 6. The van der Waals surface area contributed by atoms with E-state index in [1.165, 1.54) is 0 Å². The van der Waals surface area contributed by atoms with E-state index < -0.39 is 0 Å². The average molecular weight is 241 g/mol. The third-order valence-corrected chi connectivity index (χ3v) is 5.01. The van der Waals surface area contributed by atoms with Crippen molar-refractivity contribution in [1.29, 1.82) is 0 Å². The van der Waals surface area contributed by atoms with Crippen LogP contribution in [0.5, 0.6) is 0 Å². The highest BCUT2D eigenvalue weighted by molar-refractivity contribution is 5.80. The first-order valence-electron chi connectivity index (χ1n) is 6.47. The molecule has 1 rings (SSSR count). The standard InChI is InChI=1S/C13H27N3O/c1-6-9(7-11(14)16-17)15-8-10-12(2,3)13(10,4)5/h9-10,15,17H,6-8H2,1-5H3,(H2,14,16). The first kappa shape index (κ1) is 14.3. The van der Waals surface area contributed by atoms with Gasteiger partial charge in [-0.3, -0.25) is 0 Å². The summed E-state index contributed by atoms with van der Waals surface area (Å²) in [6.45, 7) is 12.4. The van der Waals surface area contributed by atoms with Crippen molar-refractivity contribution in [2.45, 2.75) is 53.5 Å². The number of hydrogen-bond donors (Lipinski definition) is 3. The van der Waals surface area contributed by atoms with Gasteiger partial charge in [-0.25, -0.2) is 0 Å². The molecule has 1 aliphatic rings. The summed E-state index contributed by atoms with van der Waals surface area (Å²) in [5.74, 6) is 1.01. The van der Waals surface area contributed by atoms with E-state index in [0.717, 1.165) is 13.0 Å². The van der Waals surface area contributed by atoms with Crippen LogP contribution in [0.25, 0.3) is 0 Å². The molecule has 0 aliphatic heterocycles. The molecule has 100 valence electrons. The number of hydrogen-bond acceptors (Lipinski definition) is 3. The van der Waals surface area contributed by atoms with Crippen molar-refractivity contribution >= 4 is 5.84 Å². The molecule has 4 heteroatoms. The van der Waals surface area contributed by atoms with E-state index in [-0.39, 0.29) is 0 Å². The topological polar surface area (TPSA) is 70.6 Å². The molecule has 0 bridgehead atoms. The second-order valence-corrected chi connectivity index (χ2v) is 6.30. The van der Waals surface area contributed by atoms with Crippen molar-refractivity contribution in [3.63, 3.8) is 0 Å². The lowest BCUT2D eigenvalue weighted by molar-refractivity contribution is 0.315. The maximum Gasteiger partial charge on any atom is 0.140 e. The first-order chi connectivity index (χ1) is 7.77. The molecule has 0 amide bonds. The zero-order valence-electron chi connectivity index (χ0n) is 11.7.